The molecule has 1 aromatic rings. The van der Waals surface area contributed by atoms with Gasteiger partial charge in [0, 0.05) is 19.6 Å². The number of rotatable bonds is 6. The first-order valence-electron chi connectivity index (χ1n) is 6.34. The van der Waals surface area contributed by atoms with Crippen LogP contribution in [-0.2, 0) is 6.42 Å². The van der Waals surface area contributed by atoms with E-state index in [-0.39, 0.29) is 6.03 Å². The molecule has 0 aliphatic heterocycles. The first-order chi connectivity index (χ1) is 8.27. The van der Waals surface area contributed by atoms with E-state index in [9.17, 15) is 4.79 Å². The van der Waals surface area contributed by atoms with Gasteiger partial charge in [-0.1, -0.05) is 30.3 Å². The molecule has 1 rings (SSSR count). The Balaban J connectivity index is 2.18. The summed E-state index contributed by atoms with van der Waals surface area (Å²) >= 11 is 0. The van der Waals surface area contributed by atoms with E-state index in [0.29, 0.717) is 0 Å². The van der Waals surface area contributed by atoms with Crippen LogP contribution >= 0.6 is 0 Å². The quantitative estimate of drug-likeness (QED) is 0.754. The standard InChI is InChI=1S/C14H22N2O/c1-3-16(4-2)14(17)15-12-8-11-13-9-6-5-7-10-13/h5-7,9-10H,3-4,8,11-12H2,1-2H3,(H,15,17). The first-order valence-corrected chi connectivity index (χ1v) is 6.34. The van der Waals surface area contributed by atoms with Crippen molar-refractivity contribution in [3.63, 3.8) is 0 Å². The number of amides is 2. The van der Waals surface area contributed by atoms with Crippen LogP contribution in [0.2, 0.25) is 0 Å². The third-order valence-electron chi connectivity index (χ3n) is 2.81. The molecule has 3 nitrogen and oxygen atoms in total. The van der Waals surface area contributed by atoms with Crippen LogP contribution in [0.15, 0.2) is 30.3 Å². The fourth-order valence-corrected chi connectivity index (χ4v) is 1.76. The number of hydrogen-bond acceptors (Lipinski definition) is 1. The van der Waals surface area contributed by atoms with E-state index in [1.807, 2.05) is 32.0 Å². The van der Waals surface area contributed by atoms with Crippen LogP contribution < -0.4 is 5.32 Å². The van der Waals surface area contributed by atoms with Gasteiger partial charge in [-0.2, -0.15) is 0 Å². The van der Waals surface area contributed by atoms with Crippen molar-refractivity contribution < 1.29 is 4.79 Å². The lowest BCUT2D eigenvalue weighted by atomic mass is 10.1. The fourth-order valence-electron chi connectivity index (χ4n) is 1.76. The number of carbonyl (C=O) groups excluding carboxylic acids is 1. The van der Waals surface area contributed by atoms with Gasteiger partial charge in [-0.25, -0.2) is 4.79 Å². The van der Waals surface area contributed by atoms with Crippen molar-refractivity contribution in [2.24, 2.45) is 0 Å². The summed E-state index contributed by atoms with van der Waals surface area (Å²) in [4.78, 5) is 13.4. The summed E-state index contributed by atoms with van der Waals surface area (Å²) in [7, 11) is 0. The molecule has 0 unspecified atom stereocenters. The fraction of sp³-hybridized carbons (Fsp3) is 0.500. The van der Waals surface area contributed by atoms with Crippen molar-refractivity contribution in [1.29, 1.82) is 0 Å². The van der Waals surface area contributed by atoms with E-state index in [0.717, 1.165) is 32.5 Å². The molecule has 0 fully saturated rings. The molecular weight excluding hydrogens is 212 g/mol. The Labute approximate surface area is 104 Å². The summed E-state index contributed by atoms with van der Waals surface area (Å²) in [5, 5.41) is 2.94. The van der Waals surface area contributed by atoms with Crippen LogP contribution in [0.25, 0.3) is 0 Å². The largest absolute Gasteiger partial charge is 0.338 e. The Morgan fingerprint density at radius 1 is 1.18 bits per heavy atom. The van der Waals surface area contributed by atoms with Crippen molar-refractivity contribution in [2.75, 3.05) is 19.6 Å². The number of hydrogen-bond donors (Lipinski definition) is 1. The molecule has 0 saturated carbocycles. The molecule has 0 heterocycles. The molecule has 0 radical (unpaired) electrons. The van der Waals surface area contributed by atoms with Gasteiger partial charge in [-0.15, -0.1) is 0 Å². The molecule has 0 bridgehead atoms. The predicted octanol–water partition coefficient (Wildman–Crippen LogP) is 2.67. The number of aryl methyl sites for hydroxylation is 1. The lowest BCUT2D eigenvalue weighted by Crippen LogP contribution is -2.40. The van der Waals surface area contributed by atoms with Gasteiger partial charge in [0.1, 0.15) is 0 Å². The highest BCUT2D eigenvalue weighted by atomic mass is 16.2. The monoisotopic (exact) mass is 234 g/mol. The Bertz CT molecular complexity index is 320. The van der Waals surface area contributed by atoms with Crippen LogP contribution in [0.4, 0.5) is 4.79 Å². The molecule has 0 spiro atoms. The smallest absolute Gasteiger partial charge is 0.317 e. The van der Waals surface area contributed by atoms with E-state index in [1.165, 1.54) is 5.56 Å². The molecule has 1 aromatic carbocycles. The third-order valence-corrected chi connectivity index (χ3v) is 2.81. The topological polar surface area (TPSA) is 32.3 Å². The summed E-state index contributed by atoms with van der Waals surface area (Å²) in [5.74, 6) is 0. The zero-order chi connectivity index (χ0) is 12.5. The minimum Gasteiger partial charge on any atom is -0.338 e. The molecule has 0 atom stereocenters. The summed E-state index contributed by atoms with van der Waals surface area (Å²) in [6, 6.07) is 10.4. The van der Waals surface area contributed by atoms with Gasteiger partial charge in [-0.05, 0) is 32.3 Å². The Hall–Kier alpha value is -1.51. The first kappa shape index (κ1) is 13.6. The normalized spacial score (nSPS) is 10.0. The Morgan fingerprint density at radius 2 is 1.82 bits per heavy atom. The van der Waals surface area contributed by atoms with Crippen molar-refractivity contribution in [3.8, 4) is 0 Å². The third kappa shape index (κ3) is 4.89. The second-order valence-electron chi connectivity index (χ2n) is 3.99. The Kier molecular flexibility index (Phi) is 6.15. The number of urea groups is 1. The van der Waals surface area contributed by atoms with Gasteiger partial charge >= 0.3 is 6.03 Å². The van der Waals surface area contributed by atoms with Crippen molar-refractivity contribution in [2.45, 2.75) is 26.7 Å². The van der Waals surface area contributed by atoms with Gasteiger partial charge in [0.15, 0.2) is 0 Å². The zero-order valence-corrected chi connectivity index (χ0v) is 10.8. The molecule has 0 saturated heterocycles. The second-order valence-corrected chi connectivity index (χ2v) is 3.99. The number of nitrogens with zero attached hydrogens (tertiary/aromatic N) is 1. The maximum atomic E-state index is 11.6. The van der Waals surface area contributed by atoms with Crippen molar-refractivity contribution >= 4 is 6.03 Å². The van der Waals surface area contributed by atoms with Crippen LogP contribution in [-0.4, -0.2) is 30.6 Å². The molecule has 94 valence electrons. The van der Waals surface area contributed by atoms with Crippen molar-refractivity contribution in [1.82, 2.24) is 10.2 Å². The van der Waals surface area contributed by atoms with Gasteiger partial charge in [0.2, 0.25) is 0 Å². The summed E-state index contributed by atoms with van der Waals surface area (Å²) < 4.78 is 0. The molecular formula is C14H22N2O. The number of carbonyl (C=O) groups is 1. The summed E-state index contributed by atoms with van der Waals surface area (Å²) in [6.45, 7) is 6.26. The number of benzene rings is 1. The SMILES string of the molecule is CCN(CC)C(=O)NCCCc1ccccc1. The molecule has 0 aliphatic carbocycles. The van der Waals surface area contributed by atoms with Crippen LogP contribution in [0, 0.1) is 0 Å². The molecule has 3 heteroatoms. The minimum absolute atomic E-state index is 0.0445. The molecule has 1 N–H and O–H groups in total. The van der Waals surface area contributed by atoms with Crippen molar-refractivity contribution in [3.05, 3.63) is 35.9 Å². The van der Waals surface area contributed by atoms with Gasteiger partial charge in [0.25, 0.3) is 0 Å². The highest BCUT2D eigenvalue weighted by Crippen LogP contribution is 2.01. The Morgan fingerprint density at radius 3 is 2.41 bits per heavy atom. The highest BCUT2D eigenvalue weighted by Gasteiger charge is 2.07. The maximum Gasteiger partial charge on any atom is 0.317 e. The number of nitrogens with one attached hydrogen (secondary N) is 1. The average Bonchev–Trinajstić information content (AvgIpc) is 2.37. The molecule has 0 aromatic heterocycles. The molecule has 17 heavy (non-hydrogen) atoms. The zero-order valence-electron chi connectivity index (χ0n) is 10.8. The predicted molar refractivity (Wildman–Crippen MR) is 71.1 cm³/mol. The van der Waals surface area contributed by atoms with Crippen LogP contribution in [0.5, 0.6) is 0 Å². The average molecular weight is 234 g/mol. The van der Waals surface area contributed by atoms with Gasteiger partial charge in [-0.3, -0.25) is 0 Å². The van der Waals surface area contributed by atoms with E-state index >= 15 is 0 Å². The molecule has 0 aliphatic rings. The van der Waals surface area contributed by atoms with Gasteiger partial charge < -0.3 is 10.2 Å². The van der Waals surface area contributed by atoms with E-state index in [4.69, 9.17) is 0 Å². The summed E-state index contributed by atoms with van der Waals surface area (Å²) in [5.41, 5.74) is 1.32. The van der Waals surface area contributed by atoms with E-state index in [1.54, 1.807) is 4.90 Å². The van der Waals surface area contributed by atoms with E-state index in [2.05, 4.69) is 17.4 Å². The summed E-state index contributed by atoms with van der Waals surface area (Å²) in [6.07, 6.45) is 2.00. The molecule has 2 amide bonds. The van der Waals surface area contributed by atoms with Crippen LogP contribution in [0.3, 0.4) is 0 Å². The van der Waals surface area contributed by atoms with E-state index < -0.39 is 0 Å². The second kappa shape index (κ2) is 7.71. The highest BCUT2D eigenvalue weighted by molar-refractivity contribution is 5.73. The minimum atomic E-state index is 0.0445. The maximum absolute atomic E-state index is 11.6. The van der Waals surface area contributed by atoms with Crippen LogP contribution in [0.1, 0.15) is 25.8 Å². The lowest BCUT2D eigenvalue weighted by Gasteiger charge is -2.19. The lowest BCUT2D eigenvalue weighted by molar-refractivity contribution is 0.203. The van der Waals surface area contributed by atoms with Gasteiger partial charge in [0.05, 0.1) is 0 Å².